The molecule has 8 nitrogen and oxygen atoms in total. The van der Waals surface area contributed by atoms with Crippen LogP contribution in [0.3, 0.4) is 0 Å². The van der Waals surface area contributed by atoms with Gasteiger partial charge in [-0.1, -0.05) is 6.07 Å². The zero-order valence-electron chi connectivity index (χ0n) is 20.2. The first-order valence-corrected chi connectivity index (χ1v) is 12.4. The van der Waals surface area contributed by atoms with Crippen molar-refractivity contribution in [3.8, 4) is 5.75 Å². The molecule has 1 saturated carbocycles. The lowest BCUT2D eigenvalue weighted by molar-refractivity contribution is -0.134. The molecular formula is C27H30FN3O5. The Labute approximate surface area is 209 Å². The van der Waals surface area contributed by atoms with Crippen molar-refractivity contribution < 1.29 is 28.2 Å². The molecule has 3 atom stereocenters. The van der Waals surface area contributed by atoms with Crippen molar-refractivity contribution in [2.45, 2.75) is 50.4 Å². The molecule has 36 heavy (non-hydrogen) atoms. The van der Waals surface area contributed by atoms with Gasteiger partial charge in [-0.2, -0.15) is 0 Å². The maximum absolute atomic E-state index is 13.5. The Hall–Kier alpha value is -3.46. The summed E-state index contributed by atoms with van der Waals surface area (Å²) in [7, 11) is 1.74. The minimum Gasteiger partial charge on any atom is -0.490 e. The molecular weight excluding hydrogens is 465 g/mol. The van der Waals surface area contributed by atoms with E-state index >= 15 is 0 Å². The normalized spacial score (nSPS) is 23.4. The standard InChI is InChI=1S/C27H30FN3O5/c1-31-22-9-8-20(13-25(32)29-14-16-5-6-16)36-24(22)15-35-23-10-7-19(12-21(23)27(31)34)30-26(33)17-3-2-4-18(28)11-17/h2-4,7,10-12,16,20,22,24H,5-6,8-9,13-15H2,1H3,(H,29,32)(H,30,33)/t20-,22+,24+/m1/s1. The van der Waals surface area contributed by atoms with E-state index in [2.05, 4.69) is 10.6 Å². The molecule has 1 saturated heterocycles. The number of carbonyl (C=O) groups excluding carboxylic acids is 3. The van der Waals surface area contributed by atoms with Gasteiger partial charge in [0.2, 0.25) is 5.91 Å². The average molecular weight is 496 g/mol. The van der Waals surface area contributed by atoms with E-state index < -0.39 is 11.7 Å². The summed E-state index contributed by atoms with van der Waals surface area (Å²) in [4.78, 5) is 39.8. The topological polar surface area (TPSA) is 97.0 Å². The number of nitrogens with one attached hydrogen (secondary N) is 2. The molecule has 2 aromatic rings. The second kappa shape index (κ2) is 10.3. The molecule has 0 spiro atoms. The number of amides is 3. The maximum Gasteiger partial charge on any atom is 0.257 e. The number of carbonyl (C=O) groups is 3. The number of hydrogen-bond acceptors (Lipinski definition) is 5. The van der Waals surface area contributed by atoms with Crippen molar-refractivity contribution in [2.75, 3.05) is 25.5 Å². The molecule has 190 valence electrons. The summed E-state index contributed by atoms with van der Waals surface area (Å²) in [6.07, 6.45) is 3.48. The quantitative estimate of drug-likeness (QED) is 0.641. The van der Waals surface area contributed by atoms with Crippen LogP contribution in [0, 0.1) is 11.7 Å². The number of rotatable bonds is 6. The van der Waals surface area contributed by atoms with E-state index in [0.29, 0.717) is 42.2 Å². The fourth-order valence-corrected chi connectivity index (χ4v) is 4.80. The van der Waals surface area contributed by atoms with E-state index in [1.54, 1.807) is 30.1 Å². The molecule has 3 amide bonds. The minimum atomic E-state index is -0.503. The lowest BCUT2D eigenvalue weighted by Crippen LogP contribution is -2.54. The highest BCUT2D eigenvalue weighted by molar-refractivity contribution is 6.05. The van der Waals surface area contributed by atoms with Gasteiger partial charge in [0.15, 0.2) is 0 Å². The smallest absolute Gasteiger partial charge is 0.257 e. The van der Waals surface area contributed by atoms with Crippen molar-refractivity contribution in [2.24, 2.45) is 5.92 Å². The third kappa shape index (κ3) is 5.51. The predicted molar refractivity (Wildman–Crippen MR) is 130 cm³/mol. The summed E-state index contributed by atoms with van der Waals surface area (Å²) in [6.45, 7) is 0.976. The van der Waals surface area contributed by atoms with Crippen molar-refractivity contribution in [1.29, 1.82) is 0 Å². The molecule has 1 aliphatic carbocycles. The van der Waals surface area contributed by atoms with Gasteiger partial charge in [0, 0.05) is 24.8 Å². The lowest BCUT2D eigenvalue weighted by atomic mass is 9.94. The zero-order valence-corrected chi connectivity index (χ0v) is 20.2. The van der Waals surface area contributed by atoms with Gasteiger partial charge in [-0.05, 0) is 68.0 Å². The summed E-state index contributed by atoms with van der Waals surface area (Å²) < 4.78 is 25.7. The lowest BCUT2D eigenvalue weighted by Gasteiger charge is -2.42. The maximum atomic E-state index is 13.5. The molecule has 2 fully saturated rings. The number of anilines is 1. The molecule has 9 heteroatoms. The summed E-state index contributed by atoms with van der Waals surface area (Å²) in [5.74, 6) is -0.210. The number of hydrogen-bond donors (Lipinski definition) is 2. The van der Waals surface area contributed by atoms with Crippen LogP contribution in [0.25, 0.3) is 0 Å². The van der Waals surface area contributed by atoms with Gasteiger partial charge in [0.1, 0.15) is 24.3 Å². The number of likely N-dealkylation sites (N-methyl/N-ethyl adjacent to an activating group) is 1. The van der Waals surface area contributed by atoms with Crippen LogP contribution in [0.1, 0.15) is 52.8 Å². The Balaban J connectivity index is 1.26. The van der Waals surface area contributed by atoms with E-state index in [4.69, 9.17) is 9.47 Å². The summed E-state index contributed by atoms with van der Waals surface area (Å²) in [5.41, 5.74) is 0.914. The first-order valence-electron chi connectivity index (χ1n) is 12.4. The average Bonchev–Trinajstić information content (AvgIpc) is 3.70. The van der Waals surface area contributed by atoms with E-state index in [1.807, 2.05) is 0 Å². The molecule has 5 rings (SSSR count). The minimum absolute atomic E-state index is 0.000271. The molecule has 0 aromatic heterocycles. The Bertz CT molecular complexity index is 1170. The van der Waals surface area contributed by atoms with Gasteiger partial charge >= 0.3 is 0 Å². The van der Waals surface area contributed by atoms with Gasteiger partial charge in [-0.3, -0.25) is 14.4 Å². The number of nitrogens with zero attached hydrogens (tertiary/aromatic N) is 1. The molecule has 2 N–H and O–H groups in total. The predicted octanol–water partition coefficient (Wildman–Crippen LogP) is 3.37. The van der Waals surface area contributed by atoms with Crippen molar-refractivity contribution >= 4 is 23.4 Å². The molecule has 2 aromatic carbocycles. The van der Waals surface area contributed by atoms with Crippen LogP contribution >= 0.6 is 0 Å². The number of ether oxygens (including phenoxy) is 2. The fourth-order valence-electron chi connectivity index (χ4n) is 4.80. The molecule has 0 unspecified atom stereocenters. The molecule has 0 radical (unpaired) electrons. The van der Waals surface area contributed by atoms with Crippen LogP contribution in [0.15, 0.2) is 42.5 Å². The Morgan fingerprint density at radius 1 is 1.11 bits per heavy atom. The monoisotopic (exact) mass is 495 g/mol. The molecule has 0 bridgehead atoms. The third-order valence-electron chi connectivity index (χ3n) is 7.05. The Kier molecular flexibility index (Phi) is 6.91. The van der Waals surface area contributed by atoms with Crippen LogP contribution in [0.2, 0.25) is 0 Å². The zero-order chi connectivity index (χ0) is 25.2. The van der Waals surface area contributed by atoms with Crippen LogP contribution in [0.5, 0.6) is 5.75 Å². The van der Waals surface area contributed by atoms with Gasteiger partial charge < -0.3 is 25.0 Å². The van der Waals surface area contributed by atoms with Gasteiger partial charge in [-0.15, -0.1) is 0 Å². The first kappa shape index (κ1) is 24.2. The van der Waals surface area contributed by atoms with E-state index in [9.17, 15) is 18.8 Å². The SMILES string of the molecule is CN1C(=O)c2cc(NC(=O)c3cccc(F)c3)ccc2OC[C@@H]2O[C@@H](CC(=O)NCC3CC3)CC[C@@H]21. The number of halogens is 1. The highest BCUT2D eigenvalue weighted by atomic mass is 19.1. The molecule has 2 heterocycles. The molecule has 3 aliphatic rings. The molecule has 2 aliphatic heterocycles. The largest absolute Gasteiger partial charge is 0.490 e. The Morgan fingerprint density at radius 3 is 2.72 bits per heavy atom. The van der Waals surface area contributed by atoms with Crippen LogP contribution in [0.4, 0.5) is 10.1 Å². The summed E-state index contributed by atoms with van der Waals surface area (Å²) in [6, 6.07) is 10.0. The van der Waals surface area contributed by atoms with Crippen LogP contribution in [-0.4, -0.2) is 61.1 Å². The van der Waals surface area contributed by atoms with Crippen LogP contribution in [-0.2, 0) is 9.53 Å². The second-order valence-corrected chi connectivity index (χ2v) is 9.80. The van der Waals surface area contributed by atoms with Crippen molar-refractivity contribution in [3.05, 3.63) is 59.4 Å². The highest BCUT2D eigenvalue weighted by Crippen LogP contribution is 2.33. The van der Waals surface area contributed by atoms with Gasteiger partial charge in [0.05, 0.1) is 24.1 Å². The highest BCUT2D eigenvalue weighted by Gasteiger charge is 2.39. The third-order valence-corrected chi connectivity index (χ3v) is 7.05. The first-order chi connectivity index (χ1) is 17.4. The van der Waals surface area contributed by atoms with Gasteiger partial charge in [-0.25, -0.2) is 4.39 Å². The van der Waals surface area contributed by atoms with Crippen molar-refractivity contribution in [3.63, 3.8) is 0 Å². The van der Waals surface area contributed by atoms with Crippen molar-refractivity contribution in [1.82, 2.24) is 10.2 Å². The number of benzene rings is 2. The van der Waals surface area contributed by atoms with Gasteiger partial charge in [0.25, 0.3) is 11.8 Å². The van der Waals surface area contributed by atoms with E-state index in [1.165, 1.54) is 31.0 Å². The summed E-state index contributed by atoms with van der Waals surface area (Å²) >= 11 is 0. The second-order valence-electron chi connectivity index (χ2n) is 9.80. The number of fused-ring (bicyclic) bond motifs is 2. The summed E-state index contributed by atoms with van der Waals surface area (Å²) in [5, 5.41) is 5.70. The fraction of sp³-hybridized carbons (Fsp3) is 0.444. The van der Waals surface area contributed by atoms with E-state index in [0.717, 1.165) is 12.6 Å². The van der Waals surface area contributed by atoms with E-state index in [-0.39, 0.29) is 42.2 Å². The van der Waals surface area contributed by atoms with Crippen LogP contribution < -0.4 is 15.4 Å². The Morgan fingerprint density at radius 2 is 1.94 bits per heavy atom.